The Morgan fingerprint density at radius 2 is 1.92 bits per heavy atom. The van der Waals surface area contributed by atoms with Crippen LogP contribution >= 0.6 is 0 Å². The summed E-state index contributed by atoms with van der Waals surface area (Å²) in [6.45, 7) is 11.1. The number of benzene rings is 1. The molecule has 1 amide bonds. The lowest BCUT2D eigenvalue weighted by atomic mass is 10.00. The van der Waals surface area contributed by atoms with Gasteiger partial charge in [-0.1, -0.05) is 19.9 Å². The average molecular weight is 531 g/mol. The molecular formula is C28H42N4O6. The fourth-order valence-corrected chi connectivity index (χ4v) is 5.62. The Morgan fingerprint density at radius 1 is 1.24 bits per heavy atom. The van der Waals surface area contributed by atoms with Gasteiger partial charge >= 0.3 is 12.1 Å². The van der Waals surface area contributed by atoms with E-state index in [1.807, 2.05) is 13.8 Å². The van der Waals surface area contributed by atoms with Crippen LogP contribution in [0.4, 0.5) is 10.5 Å². The van der Waals surface area contributed by atoms with Crippen LogP contribution in [-0.4, -0.2) is 76.2 Å². The van der Waals surface area contributed by atoms with Gasteiger partial charge in [-0.3, -0.25) is 14.9 Å². The summed E-state index contributed by atoms with van der Waals surface area (Å²) in [4.78, 5) is 39.0. The molecular weight excluding hydrogens is 488 g/mol. The minimum atomic E-state index is -0.764. The van der Waals surface area contributed by atoms with Gasteiger partial charge in [0.05, 0.1) is 4.92 Å². The summed E-state index contributed by atoms with van der Waals surface area (Å²) in [7, 11) is 0. The Bertz CT molecular complexity index is 945. The zero-order chi connectivity index (χ0) is 27.7. The number of amides is 1. The van der Waals surface area contributed by atoms with Gasteiger partial charge in [-0.25, -0.2) is 4.79 Å². The highest BCUT2D eigenvalue weighted by Gasteiger charge is 2.33. The first kappa shape index (κ1) is 29.6. The van der Waals surface area contributed by atoms with E-state index >= 15 is 0 Å². The molecule has 38 heavy (non-hydrogen) atoms. The maximum absolute atomic E-state index is 12.9. The normalized spacial score (nSPS) is 21.2. The van der Waals surface area contributed by atoms with Crippen LogP contribution in [-0.2, 0) is 16.1 Å². The minimum Gasteiger partial charge on any atom is -0.480 e. The highest BCUT2D eigenvalue weighted by Crippen LogP contribution is 2.29. The summed E-state index contributed by atoms with van der Waals surface area (Å²) in [5, 5.41) is 23.7. The number of ether oxygens (including phenoxy) is 1. The van der Waals surface area contributed by atoms with Crippen LogP contribution in [0.15, 0.2) is 36.9 Å². The Morgan fingerprint density at radius 3 is 2.50 bits per heavy atom. The van der Waals surface area contributed by atoms with E-state index in [0.717, 1.165) is 51.7 Å². The molecule has 2 N–H and O–H groups in total. The van der Waals surface area contributed by atoms with Gasteiger partial charge in [0.2, 0.25) is 0 Å². The third kappa shape index (κ3) is 8.80. The molecule has 10 nitrogen and oxygen atoms in total. The second kappa shape index (κ2) is 14.2. The highest BCUT2D eigenvalue weighted by molar-refractivity contribution is 5.73. The molecule has 0 bridgehead atoms. The molecule has 1 aliphatic carbocycles. The maximum Gasteiger partial charge on any atom is 0.410 e. The minimum absolute atomic E-state index is 0.0000835. The first-order valence-electron chi connectivity index (χ1n) is 13.6. The number of carbonyl (C=O) groups is 2. The standard InChI is InChI=1S/C28H42N4O6/c1-4-13-31(28(35)38-19-21-6-9-25(10-7-21)32(36)37)24-11-14-30(15-12-24)18-22-5-8-23(17-22)29-26(27(33)34)16-20(2)3/h4,6-7,9-10,20,22-24,26,29H,1,5,8,11-19H2,2-3H3,(H,33,34)/t22-,23?,26?/m1/s1. The largest absolute Gasteiger partial charge is 0.480 e. The van der Waals surface area contributed by atoms with Crippen molar-refractivity contribution in [3.8, 4) is 0 Å². The molecule has 1 aliphatic heterocycles. The molecule has 1 aromatic rings. The molecule has 10 heteroatoms. The fourth-order valence-electron chi connectivity index (χ4n) is 5.62. The molecule has 210 valence electrons. The number of hydrogen-bond donors (Lipinski definition) is 2. The monoisotopic (exact) mass is 530 g/mol. The smallest absolute Gasteiger partial charge is 0.410 e. The molecule has 0 aromatic heterocycles. The van der Waals surface area contributed by atoms with Crippen molar-refractivity contribution >= 4 is 17.7 Å². The van der Waals surface area contributed by atoms with Gasteiger partial charge in [0.25, 0.3) is 5.69 Å². The lowest BCUT2D eigenvalue weighted by Crippen LogP contribution is -2.48. The van der Waals surface area contributed by atoms with E-state index in [1.165, 1.54) is 12.1 Å². The van der Waals surface area contributed by atoms with E-state index in [0.29, 0.717) is 30.4 Å². The van der Waals surface area contributed by atoms with E-state index in [-0.39, 0.29) is 24.4 Å². The van der Waals surface area contributed by atoms with Crippen molar-refractivity contribution in [2.45, 2.75) is 77.1 Å². The van der Waals surface area contributed by atoms with Gasteiger partial charge in [0.15, 0.2) is 0 Å². The summed E-state index contributed by atoms with van der Waals surface area (Å²) < 4.78 is 5.52. The van der Waals surface area contributed by atoms with E-state index in [2.05, 4.69) is 16.8 Å². The number of likely N-dealkylation sites (tertiary alicyclic amines) is 1. The van der Waals surface area contributed by atoms with Gasteiger partial charge in [-0.05, 0) is 68.1 Å². The molecule has 1 saturated carbocycles. The number of carboxylic acid groups (broad SMARTS) is 1. The Kier molecular flexibility index (Phi) is 11.1. The predicted molar refractivity (Wildman–Crippen MR) is 145 cm³/mol. The van der Waals surface area contributed by atoms with Gasteiger partial charge in [0, 0.05) is 50.4 Å². The van der Waals surface area contributed by atoms with E-state index in [1.54, 1.807) is 23.1 Å². The molecule has 3 rings (SSSR count). The SMILES string of the molecule is C=CCN(C(=O)OCc1ccc([N+](=O)[O-])cc1)C1CCN(C[C@@H]2CCC(NC(CC(C)C)C(=O)O)C2)CC1. The Labute approximate surface area is 225 Å². The molecule has 0 spiro atoms. The van der Waals surface area contributed by atoms with Gasteiger partial charge in [-0.2, -0.15) is 0 Å². The number of carboxylic acids is 1. The summed E-state index contributed by atoms with van der Waals surface area (Å²) in [5.74, 6) is 0.121. The van der Waals surface area contributed by atoms with Crippen molar-refractivity contribution in [3.05, 3.63) is 52.6 Å². The molecule has 1 saturated heterocycles. The third-order valence-corrected chi connectivity index (χ3v) is 7.57. The van der Waals surface area contributed by atoms with E-state index in [9.17, 15) is 24.8 Å². The fraction of sp³-hybridized carbons (Fsp3) is 0.643. The maximum atomic E-state index is 12.9. The highest BCUT2D eigenvalue weighted by atomic mass is 16.6. The average Bonchev–Trinajstić information content (AvgIpc) is 3.32. The molecule has 2 unspecified atom stereocenters. The summed E-state index contributed by atoms with van der Waals surface area (Å²) in [6.07, 6.45) is 6.76. The van der Waals surface area contributed by atoms with Gasteiger partial charge in [0.1, 0.15) is 12.6 Å². The van der Waals surface area contributed by atoms with Crippen LogP contribution < -0.4 is 5.32 Å². The van der Waals surface area contributed by atoms with Crippen LogP contribution in [0.5, 0.6) is 0 Å². The second-order valence-corrected chi connectivity index (χ2v) is 11.0. The molecule has 3 atom stereocenters. The van der Waals surface area contributed by atoms with Crippen molar-refractivity contribution in [1.29, 1.82) is 0 Å². The number of nitro groups is 1. The number of carbonyl (C=O) groups excluding carboxylic acids is 1. The molecule has 0 radical (unpaired) electrons. The summed E-state index contributed by atoms with van der Waals surface area (Å²) in [5.41, 5.74) is 0.695. The number of nitro benzene ring substituents is 1. The lowest BCUT2D eigenvalue weighted by molar-refractivity contribution is -0.384. The number of nitrogens with zero attached hydrogens (tertiary/aromatic N) is 3. The summed E-state index contributed by atoms with van der Waals surface area (Å²) >= 11 is 0. The molecule has 1 aromatic carbocycles. The van der Waals surface area contributed by atoms with Crippen molar-refractivity contribution in [2.24, 2.45) is 11.8 Å². The number of rotatable bonds is 13. The lowest BCUT2D eigenvalue weighted by Gasteiger charge is -2.38. The summed E-state index contributed by atoms with van der Waals surface area (Å²) in [6, 6.07) is 5.84. The van der Waals surface area contributed by atoms with Crippen molar-refractivity contribution in [1.82, 2.24) is 15.1 Å². The molecule has 2 aliphatic rings. The second-order valence-electron chi connectivity index (χ2n) is 11.0. The number of aliphatic carboxylic acids is 1. The van der Waals surface area contributed by atoms with Crippen molar-refractivity contribution in [2.75, 3.05) is 26.2 Å². The predicted octanol–water partition coefficient (Wildman–Crippen LogP) is 4.44. The topological polar surface area (TPSA) is 125 Å². The number of non-ortho nitro benzene ring substituents is 1. The van der Waals surface area contributed by atoms with Crippen molar-refractivity contribution < 1.29 is 24.4 Å². The van der Waals surface area contributed by atoms with Crippen LogP contribution in [0.25, 0.3) is 0 Å². The van der Waals surface area contributed by atoms with Gasteiger partial charge < -0.3 is 25.0 Å². The number of nitrogens with one attached hydrogen (secondary N) is 1. The Hall–Kier alpha value is -2.98. The van der Waals surface area contributed by atoms with Crippen LogP contribution in [0.3, 0.4) is 0 Å². The van der Waals surface area contributed by atoms with Gasteiger partial charge in [-0.15, -0.1) is 6.58 Å². The van der Waals surface area contributed by atoms with E-state index < -0.39 is 23.0 Å². The quantitative estimate of drug-likeness (QED) is 0.218. The number of piperidine rings is 1. The number of hydrogen-bond acceptors (Lipinski definition) is 7. The molecule has 2 fully saturated rings. The van der Waals surface area contributed by atoms with Crippen LogP contribution in [0, 0.1) is 22.0 Å². The first-order chi connectivity index (χ1) is 18.2. The van der Waals surface area contributed by atoms with Crippen LogP contribution in [0.1, 0.15) is 57.9 Å². The molecule has 1 heterocycles. The Balaban J connectivity index is 1.43. The zero-order valence-corrected chi connectivity index (χ0v) is 22.6. The first-order valence-corrected chi connectivity index (χ1v) is 13.6. The third-order valence-electron chi connectivity index (χ3n) is 7.57. The zero-order valence-electron chi connectivity index (χ0n) is 22.6. The van der Waals surface area contributed by atoms with E-state index in [4.69, 9.17) is 4.74 Å². The van der Waals surface area contributed by atoms with Crippen LogP contribution in [0.2, 0.25) is 0 Å². The van der Waals surface area contributed by atoms with Crippen molar-refractivity contribution in [3.63, 3.8) is 0 Å².